The molecule has 1 unspecified atom stereocenters. The lowest BCUT2D eigenvalue weighted by Crippen LogP contribution is -2.58. The standard InChI is InChI=1S/C24H27ClFN5O4/c1-14(2)35-11-3-10-28-22(33)20-24(23(27)34,30-13-29-20)15-4-7-17(8-5-15)31-21(32)18-9-6-16(26)12-19(18)25/h4-9,12,14,30H,3,10-11,13H2,1-2H3,(H2,27,34)(H,28,33)(H,31,32). The number of carbonyl (C=O) groups excluding carboxylic acids is 3. The van der Waals surface area contributed by atoms with Gasteiger partial charge in [-0.3, -0.25) is 24.7 Å². The van der Waals surface area contributed by atoms with Gasteiger partial charge in [-0.05, 0) is 56.2 Å². The van der Waals surface area contributed by atoms with Gasteiger partial charge in [-0.1, -0.05) is 23.7 Å². The molecule has 0 spiro atoms. The van der Waals surface area contributed by atoms with Gasteiger partial charge in [0.05, 0.1) is 23.4 Å². The van der Waals surface area contributed by atoms with Gasteiger partial charge in [0.15, 0.2) is 5.54 Å². The second kappa shape index (κ2) is 11.4. The largest absolute Gasteiger partial charge is 0.379 e. The van der Waals surface area contributed by atoms with Gasteiger partial charge < -0.3 is 21.1 Å². The Labute approximate surface area is 207 Å². The lowest BCUT2D eigenvalue weighted by molar-refractivity contribution is -0.123. The van der Waals surface area contributed by atoms with E-state index in [0.29, 0.717) is 30.8 Å². The molecule has 0 aromatic heterocycles. The van der Waals surface area contributed by atoms with Crippen LogP contribution in [-0.2, 0) is 19.9 Å². The first-order valence-corrected chi connectivity index (χ1v) is 11.4. The Morgan fingerprint density at radius 3 is 2.54 bits per heavy atom. The van der Waals surface area contributed by atoms with Gasteiger partial charge in [-0.25, -0.2) is 4.39 Å². The number of rotatable bonds is 10. The molecule has 2 aromatic rings. The number of ether oxygens (including phenoxy) is 1. The molecule has 0 aliphatic carbocycles. The van der Waals surface area contributed by atoms with Crippen LogP contribution in [-0.4, -0.2) is 49.4 Å². The molecule has 186 valence electrons. The van der Waals surface area contributed by atoms with Crippen molar-refractivity contribution in [1.82, 2.24) is 10.6 Å². The number of nitrogens with two attached hydrogens (primary N) is 1. The summed E-state index contributed by atoms with van der Waals surface area (Å²) in [4.78, 5) is 42.1. The molecule has 3 amide bonds. The van der Waals surface area contributed by atoms with Crippen LogP contribution in [0.25, 0.3) is 0 Å². The number of halogens is 2. The van der Waals surface area contributed by atoms with Gasteiger partial charge in [-0.15, -0.1) is 0 Å². The predicted octanol–water partition coefficient (Wildman–Crippen LogP) is 2.35. The second-order valence-corrected chi connectivity index (χ2v) is 8.55. The first-order chi connectivity index (χ1) is 16.6. The van der Waals surface area contributed by atoms with E-state index in [-0.39, 0.29) is 29.1 Å². The molecule has 1 atom stereocenters. The molecule has 2 aromatic carbocycles. The van der Waals surface area contributed by atoms with Gasteiger partial charge in [0.25, 0.3) is 11.8 Å². The van der Waals surface area contributed by atoms with Crippen molar-refractivity contribution in [3.63, 3.8) is 0 Å². The van der Waals surface area contributed by atoms with E-state index in [1.54, 1.807) is 24.3 Å². The van der Waals surface area contributed by atoms with Crippen molar-refractivity contribution in [2.24, 2.45) is 10.7 Å². The van der Waals surface area contributed by atoms with Crippen LogP contribution in [0.1, 0.15) is 36.2 Å². The van der Waals surface area contributed by atoms with E-state index in [9.17, 15) is 18.8 Å². The third-order valence-electron chi connectivity index (χ3n) is 5.33. The van der Waals surface area contributed by atoms with E-state index in [1.165, 1.54) is 6.07 Å². The first kappa shape index (κ1) is 26.3. The Hall–Kier alpha value is -3.34. The summed E-state index contributed by atoms with van der Waals surface area (Å²) < 4.78 is 18.7. The van der Waals surface area contributed by atoms with E-state index in [4.69, 9.17) is 22.1 Å². The maximum atomic E-state index is 13.2. The maximum absolute atomic E-state index is 13.2. The number of hydrogen-bond acceptors (Lipinski definition) is 6. The average Bonchev–Trinajstić information content (AvgIpc) is 3.25. The summed E-state index contributed by atoms with van der Waals surface area (Å²) in [6.07, 6.45) is 0.692. The van der Waals surface area contributed by atoms with Gasteiger partial charge >= 0.3 is 0 Å². The summed E-state index contributed by atoms with van der Waals surface area (Å²) in [6.45, 7) is 4.71. The summed E-state index contributed by atoms with van der Waals surface area (Å²) in [7, 11) is 0. The molecule has 35 heavy (non-hydrogen) atoms. The SMILES string of the molecule is CC(C)OCCCNC(=O)C1=NCNC1(C(N)=O)c1ccc(NC(=O)c2ccc(F)cc2Cl)cc1. The molecule has 9 nitrogen and oxygen atoms in total. The zero-order valence-corrected chi connectivity index (χ0v) is 20.1. The molecule has 1 aliphatic rings. The van der Waals surface area contributed by atoms with Crippen LogP contribution < -0.4 is 21.7 Å². The molecule has 11 heteroatoms. The average molecular weight is 504 g/mol. The molecule has 0 saturated heterocycles. The smallest absolute Gasteiger partial charge is 0.268 e. The highest BCUT2D eigenvalue weighted by Gasteiger charge is 2.49. The van der Waals surface area contributed by atoms with E-state index in [2.05, 4.69) is 20.9 Å². The van der Waals surface area contributed by atoms with Gasteiger partial charge in [-0.2, -0.15) is 0 Å². The van der Waals surface area contributed by atoms with Gasteiger partial charge in [0, 0.05) is 18.8 Å². The van der Waals surface area contributed by atoms with E-state index in [1.807, 2.05) is 13.8 Å². The molecular formula is C24H27ClFN5O4. The van der Waals surface area contributed by atoms with Crippen LogP contribution in [0.2, 0.25) is 5.02 Å². The highest BCUT2D eigenvalue weighted by atomic mass is 35.5. The lowest BCUT2D eigenvalue weighted by atomic mass is 9.84. The van der Waals surface area contributed by atoms with E-state index < -0.39 is 29.1 Å². The van der Waals surface area contributed by atoms with Crippen LogP contribution in [0, 0.1) is 5.82 Å². The quantitative estimate of drug-likeness (QED) is 0.369. The van der Waals surface area contributed by atoms with Crippen molar-refractivity contribution in [3.05, 3.63) is 64.4 Å². The molecule has 3 rings (SSSR count). The number of nitrogens with one attached hydrogen (secondary N) is 3. The third kappa shape index (κ3) is 6.02. The number of benzene rings is 2. The monoisotopic (exact) mass is 503 g/mol. The molecule has 0 bridgehead atoms. The van der Waals surface area contributed by atoms with Crippen LogP contribution in [0.4, 0.5) is 10.1 Å². The van der Waals surface area contributed by atoms with Crippen LogP contribution >= 0.6 is 11.6 Å². The number of anilines is 1. The highest BCUT2D eigenvalue weighted by Crippen LogP contribution is 2.28. The molecule has 5 N–H and O–H groups in total. The number of carbonyl (C=O) groups is 3. The first-order valence-electron chi connectivity index (χ1n) is 11.0. The number of aliphatic imine (C=N–C) groups is 1. The minimum atomic E-state index is -1.62. The molecule has 1 aliphatic heterocycles. The maximum Gasteiger partial charge on any atom is 0.268 e. The fourth-order valence-electron chi connectivity index (χ4n) is 3.62. The van der Waals surface area contributed by atoms with Crippen molar-refractivity contribution >= 4 is 40.7 Å². The van der Waals surface area contributed by atoms with Crippen molar-refractivity contribution in [2.75, 3.05) is 25.1 Å². The van der Waals surface area contributed by atoms with Gasteiger partial charge in [0.2, 0.25) is 5.91 Å². The minimum Gasteiger partial charge on any atom is -0.379 e. The zero-order valence-electron chi connectivity index (χ0n) is 19.4. The fourth-order valence-corrected chi connectivity index (χ4v) is 3.87. The van der Waals surface area contributed by atoms with Crippen molar-refractivity contribution in [3.8, 4) is 0 Å². The van der Waals surface area contributed by atoms with E-state index in [0.717, 1.165) is 12.1 Å². The Bertz CT molecular complexity index is 1140. The molecular weight excluding hydrogens is 477 g/mol. The van der Waals surface area contributed by atoms with Gasteiger partial charge in [0.1, 0.15) is 11.5 Å². The van der Waals surface area contributed by atoms with Crippen LogP contribution in [0.3, 0.4) is 0 Å². The predicted molar refractivity (Wildman–Crippen MR) is 131 cm³/mol. The lowest BCUT2D eigenvalue weighted by Gasteiger charge is -2.28. The van der Waals surface area contributed by atoms with Crippen LogP contribution in [0.15, 0.2) is 47.5 Å². The number of nitrogens with zero attached hydrogens (tertiary/aromatic N) is 1. The van der Waals surface area contributed by atoms with Crippen molar-refractivity contribution < 1.29 is 23.5 Å². The molecule has 1 heterocycles. The Morgan fingerprint density at radius 1 is 1.20 bits per heavy atom. The third-order valence-corrected chi connectivity index (χ3v) is 5.64. The molecule has 0 radical (unpaired) electrons. The van der Waals surface area contributed by atoms with Crippen LogP contribution in [0.5, 0.6) is 0 Å². The Balaban J connectivity index is 1.73. The minimum absolute atomic E-state index is 0.0235. The summed E-state index contributed by atoms with van der Waals surface area (Å²) in [6, 6.07) is 9.68. The Morgan fingerprint density at radius 2 is 1.91 bits per heavy atom. The van der Waals surface area contributed by atoms with E-state index >= 15 is 0 Å². The topological polar surface area (TPSA) is 135 Å². The summed E-state index contributed by atoms with van der Waals surface area (Å²) >= 11 is 5.95. The normalized spacial score (nSPS) is 17.2. The van der Waals surface area contributed by atoms with Crippen molar-refractivity contribution in [2.45, 2.75) is 31.9 Å². The number of amides is 3. The number of primary amides is 1. The summed E-state index contributed by atoms with van der Waals surface area (Å²) in [5.74, 6) is -2.39. The Kier molecular flexibility index (Phi) is 8.55. The number of hydrogen-bond donors (Lipinski definition) is 4. The highest BCUT2D eigenvalue weighted by molar-refractivity contribution is 6.47. The summed E-state index contributed by atoms with van der Waals surface area (Å²) in [5, 5.41) is 8.31. The van der Waals surface area contributed by atoms with Crippen molar-refractivity contribution in [1.29, 1.82) is 0 Å². The zero-order chi connectivity index (χ0) is 25.6. The molecule has 0 saturated carbocycles. The molecule has 0 fully saturated rings. The fraction of sp³-hybridized carbons (Fsp3) is 0.333. The second-order valence-electron chi connectivity index (χ2n) is 8.14. The summed E-state index contributed by atoms with van der Waals surface area (Å²) in [5.41, 5.74) is 4.95.